The van der Waals surface area contributed by atoms with E-state index in [-0.39, 0.29) is 12.5 Å². The lowest BCUT2D eigenvalue weighted by Gasteiger charge is -2.22. The molecule has 1 aliphatic carbocycles. The molecule has 2 fully saturated rings. The number of imidazole rings is 1. The average molecular weight is 286 g/mol. The standard InChI is InChI=1S/C14H18N6O/c1-14(2)8-3-19(4-9(8)14)10(21)5-20-7-18-11-12(15)16-6-17-13(11)20/h6-9H,3-5H2,1-2H3,(H2,15,16,17). The number of carbonyl (C=O) groups excluding carboxylic acids is 1. The summed E-state index contributed by atoms with van der Waals surface area (Å²) < 4.78 is 1.74. The van der Waals surface area contributed by atoms with Gasteiger partial charge in [0, 0.05) is 13.1 Å². The van der Waals surface area contributed by atoms with Crippen molar-refractivity contribution >= 4 is 22.9 Å². The fraction of sp³-hybridized carbons (Fsp3) is 0.571. The molecule has 1 saturated carbocycles. The third-order valence-electron chi connectivity index (χ3n) is 5.21. The van der Waals surface area contributed by atoms with Gasteiger partial charge in [0.05, 0.1) is 6.33 Å². The van der Waals surface area contributed by atoms with Gasteiger partial charge in [0.1, 0.15) is 18.4 Å². The minimum Gasteiger partial charge on any atom is -0.382 e. The molecule has 0 bridgehead atoms. The first-order valence-corrected chi connectivity index (χ1v) is 7.17. The number of hydrogen-bond acceptors (Lipinski definition) is 5. The van der Waals surface area contributed by atoms with E-state index in [0.717, 1.165) is 13.1 Å². The van der Waals surface area contributed by atoms with Crippen molar-refractivity contribution in [1.29, 1.82) is 0 Å². The van der Waals surface area contributed by atoms with Crippen molar-refractivity contribution in [2.75, 3.05) is 18.8 Å². The van der Waals surface area contributed by atoms with Gasteiger partial charge >= 0.3 is 0 Å². The van der Waals surface area contributed by atoms with Crippen LogP contribution in [-0.4, -0.2) is 43.4 Å². The summed E-state index contributed by atoms with van der Waals surface area (Å²) in [7, 11) is 0. The molecule has 0 aromatic carbocycles. The predicted octanol–water partition coefficient (Wildman–Crippen LogP) is 0.523. The molecule has 110 valence electrons. The van der Waals surface area contributed by atoms with Gasteiger partial charge in [-0.15, -0.1) is 0 Å². The van der Waals surface area contributed by atoms with Crippen LogP contribution < -0.4 is 5.73 Å². The van der Waals surface area contributed by atoms with Gasteiger partial charge in [-0.25, -0.2) is 15.0 Å². The number of hydrogen-bond donors (Lipinski definition) is 1. The highest BCUT2D eigenvalue weighted by molar-refractivity contribution is 5.83. The van der Waals surface area contributed by atoms with Gasteiger partial charge in [-0.1, -0.05) is 13.8 Å². The van der Waals surface area contributed by atoms with Gasteiger partial charge in [0.2, 0.25) is 5.91 Å². The van der Waals surface area contributed by atoms with Crippen LogP contribution in [0.25, 0.3) is 11.2 Å². The minimum absolute atomic E-state index is 0.120. The number of amides is 1. The maximum absolute atomic E-state index is 12.4. The summed E-state index contributed by atoms with van der Waals surface area (Å²) in [5, 5.41) is 0. The Morgan fingerprint density at radius 1 is 1.33 bits per heavy atom. The Balaban J connectivity index is 1.51. The van der Waals surface area contributed by atoms with Gasteiger partial charge in [0.25, 0.3) is 0 Å². The van der Waals surface area contributed by atoms with Crippen LogP contribution in [-0.2, 0) is 11.3 Å². The van der Waals surface area contributed by atoms with Gasteiger partial charge < -0.3 is 15.2 Å². The minimum atomic E-state index is 0.120. The fourth-order valence-corrected chi connectivity index (χ4v) is 3.60. The largest absolute Gasteiger partial charge is 0.382 e. The van der Waals surface area contributed by atoms with Gasteiger partial charge in [0.15, 0.2) is 11.5 Å². The van der Waals surface area contributed by atoms with Crippen LogP contribution in [0.15, 0.2) is 12.7 Å². The zero-order valence-corrected chi connectivity index (χ0v) is 12.2. The maximum atomic E-state index is 12.4. The molecule has 1 aliphatic heterocycles. The normalized spacial score (nSPS) is 26.1. The van der Waals surface area contributed by atoms with Gasteiger partial charge in [-0.05, 0) is 17.3 Å². The molecule has 7 nitrogen and oxygen atoms in total. The molecule has 0 spiro atoms. The predicted molar refractivity (Wildman–Crippen MR) is 77.1 cm³/mol. The lowest BCUT2D eigenvalue weighted by atomic mass is 10.1. The van der Waals surface area contributed by atoms with E-state index in [1.807, 2.05) is 4.90 Å². The Morgan fingerprint density at radius 2 is 2.05 bits per heavy atom. The summed E-state index contributed by atoms with van der Waals surface area (Å²) in [5.41, 5.74) is 7.33. The topological polar surface area (TPSA) is 89.9 Å². The van der Waals surface area contributed by atoms with Crippen LogP contribution in [0.3, 0.4) is 0 Å². The first-order chi connectivity index (χ1) is 9.98. The second-order valence-corrected chi connectivity index (χ2v) is 6.64. The third-order valence-corrected chi connectivity index (χ3v) is 5.21. The summed E-state index contributed by atoms with van der Waals surface area (Å²) in [6.45, 7) is 6.58. The Hall–Kier alpha value is -2.18. The Kier molecular flexibility index (Phi) is 2.35. The molecule has 0 radical (unpaired) electrons. The number of likely N-dealkylation sites (tertiary alicyclic amines) is 1. The Morgan fingerprint density at radius 3 is 2.76 bits per heavy atom. The van der Waals surface area contributed by atoms with Crippen molar-refractivity contribution in [3.8, 4) is 0 Å². The van der Waals surface area contributed by atoms with Crippen molar-refractivity contribution in [1.82, 2.24) is 24.4 Å². The molecule has 1 saturated heterocycles. The van der Waals surface area contributed by atoms with E-state index in [2.05, 4.69) is 28.8 Å². The number of carbonyl (C=O) groups is 1. The number of fused-ring (bicyclic) bond motifs is 2. The van der Waals surface area contributed by atoms with Gasteiger partial charge in [-0.2, -0.15) is 0 Å². The summed E-state index contributed by atoms with van der Waals surface area (Å²) in [6, 6.07) is 0. The van der Waals surface area contributed by atoms with Crippen molar-refractivity contribution in [3.63, 3.8) is 0 Å². The van der Waals surface area contributed by atoms with Crippen LogP contribution in [0.5, 0.6) is 0 Å². The summed E-state index contributed by atoms with van der Waals surface area (Å²) in [4.78, 5) is 26.6. The fourth-order valence-electron chi connectivity index (χ4n) is 3.60. The number of nitrogen functional groups attached to an aromatic ring is 1. The van der Waals surface area contributed by atoms with E-state index in [4.69, 9.17) is 5.73 Å². The summed E-state index contributed by atoms with van der Waals surface area (Å²) >= 11 is 0. The van der Waals surface area contributed by atoms with Crippen LogP contribution in [0.2, 0.25) is 0 Å². The van der Waals surface area contributed by atoms with E-state index in [1.165, 1.54) is 6.33 Å². The highest BCUT2D eigenvalue weighted by atomic mass is 16.2. The second-order valence-electron chi connectivity index (χ2n) is 6.64. The SMILES string of the molecule is CC1(C)C2CN(C(=O)Cn3cnc4c(N)ncnc43)CC21. The molecule has 4 rings (SSSR count). The van der Waals surface area contributed by atoms with Crippen molar-refractivity contribution in [3.05, 3.63) is 12.7 Å². The number of nitrogens with zero attached hydrogens (tertiary/aromatic N) is 5. The number of anilines is 1. The second kappa shape index (κ2) is 3.93. The highest BCUT2D eigenvalue weighted by Gasteiger charge is 2.62. The van der Waals surface area contributed by atoms with E-state index < -0.39 is 0 Å². The molecule has 2 N–H and O–H groups in total. The van der Waals surface area contributed by atoms with Gasteiger partial charge in [-0.3, -0.25) is 4.79 Å². The van der Waals surface area contributed by atoms with Crippen LogP contribution in [0, 0.1) is 17.3 Å². The highest BCUT2D eigenvalue weighted by Crippen LogP contribution is 2.61. The molecule has 1 amide bonds. The van der Waals surface area contributed by atoms with Crippen LogP contribution in [0.4, 0.5) is 5.82 Å². The molecule has 7 heteroatoms. The van der Waals surface area contributed by atoms with Crippen molar-refractivity contribution in [2.24, 2.45) is 17.3 Å². The number of aromatic nitrogens is 4. The smallest absolute Gasteiger partial charge is 0.242 e. The first-order valence-electron chi connectivity index (χ1n) is 7.17. The van der Waals surface area contributed by atoms with E-state index >= 15 is 0 Å². The molecule has 2 unspecified atom stereocenters. The monoisotopic (exact) mass is 286 g/mol. The lowest BCUT2D eigenvalue weighted by molar-refractivity contribution is -0.131. The van der Waals surface area contributed by atoms with Crippen molar-refractivity contribution in [2.45, 2.75) is 20.4 Å². The molecular weight excluding hydrogens is 268 g/mol. The molecule has 2 aliphatic rings. The summed E-state index contributed by atoms with van der Waals surface area (Å²) in [5.74, 6) is 1.79. The third kappa shape index (κ3) is 1.73. The molecule has 2 aromatic rings. The molecular formula is C14H18N6O. The number of rotatable bonds is 2. The molecule has 21 heavy (non-hydrogen) atoms. The van der Waals surface area contributed by atoms with Crippen LogP contribution >= 0.6 is 0 Å². The van der Waals surface area contributed by atoms with Crippen LogP contribution in [0.1, 0.15) is 13.8 Å². The molecule has 3 heterocycles. The Bertz CT molecular complexity index is 722. The van der Waals surface area contributed by atoms with E-state index in [9.17, 15) is 4.79 Å². The number of nitrogens with two attached hydrogens (primary N) is 1. The van der Waals surface area contributed by atoms with Crippen molar-refractivity contribution < 1.29 is 4.79 Å². The molecule has 2 aromatic heterocycles. The number of piperidine rings is 1. The van der Waals surface area contributed by atoms with E-state index in [0.29, 0.717) is 34.2 Å². The quantitative estimate of drug-likeness (QED) is 0.869. The first kappa shape index (κ1) is 12.6. The zero-order valence-electron chi connectivity index (χ0n) is 12.2. The Labute approximate surface area is 122 Å². The lowest BCUT2D eigenvalue weighted by Crippen LogP contribution is -2.35. The average Bonchev–Trinajstić information content (AvgIpc) is 2.86. The summed E-state index contributed by atoms with van der Waals surface area (Å²) in [6.07, 6.45) is 3.00. The molecule has 2 atom stereocenters. The van der Waals surface area contributed by atoms with E-state index in [1.54, 1.807) is 10.9 Å². The maximum Gasteiger partial charge on any atom is 0.242 e. The zero-order chi connectivity index (χ0) is 14.8.